The van der Waals surface area contributed by atoms with E-state index in [9.17, 15) is 0 Å². The summed E-state index contributed by atoms with van der Waals surface area (Å²) in [4.78, 5) is 0. The molecule has 1 aliphatic heterocycles. The molecule has 1 fully saturated rings. The van der Waals surface area contributed by atoms with Gasteiger partial charge in [-0.05, 0) is 68.0 Å². The molecule has 0 bridgehead atoms. The Morgan fingerprint density at radius 3 is 2.81 bits per heavy atom. The number of fused-ring (bicyclic) bond motifs is 1. The highest BCUT2D eigenvalue weighted by Crippen LogP contribution is 2.42. The lowest BCUT2D eigenvalue weighted by Crippen LogP contribution is -2.38. The van der Waals surface area contributed by atoms with Gasteiger partial charge >= 0.3 is 0 Å². The minimum atomic E-state index is 0.658. The summed E-state index contributed by atoms with van der Waals surface area (Å²) in [7, 11) is 0. The summed E-state index contributed by atoms with van der Waals surface area (Å²) in [6, 6.07) is 9.28. The average molecular weight is 287 g/mol. The van der Waals surface area contributed by atoms with E-state index in [1.54, 1.807) is 0 Å². The summed E-state index contributed by atoms with van der Waals surface area (Å²) in [5.41, 5.74) is 1.43. The van der Waals surface area contributed by atoms with E-state index in [-0.39, 0.29) is 0 Å². The summed E-state index contributed by atoms with van der Waals surface area (Å²) in [6.07, 6.45) is 6.53. The summed E-state index contributed by atoms with van der Waals surface area (Å²) < 4.78 is 5.82. The smallest absolute Gasteiger partial charge is 0.122 e. The maximum atomic E-state index is 5.82. The van der Waals surface area contributed by atoms with Crippen molar-refractivity contribution in [1.82, 2.24) is 5.32 Å². The molecule has 0 spiro atoms. The molecule has 2 aliphatic rings. The Hall–Kier alpha value is -1.02. The van der Waals surface area contributed by atoms with Crippen molar-refractivity contribution < 1.29 is 4.74 Å². The van der Waals surface area contributed by atoms with Gasteiger partial charge in [0, 0.05) is 6.04 Å². The molecule has 21 heavy (non-hydrogen) atoms. The first-order valence-corrected chi connectivity index (χ1v) is 8.74. The van der Waals surface area contributed by atoms with Crippen molar-refractivity contribution in [3.63, 3.8) is 0 Å². The number of hydrogen-bond acceptors (Lipinski definition) is 2. The molecule has 0 radical (unpaired) electrons. The van der Waals surface area contributed by atoms with Crippen molar-refractivity contribution in [2.45, 2.75) is 57.9 Å². The zero-order valence-corrected chi connectivity index (χ0v) is 13.5. The molecule has 1 saturated carbocycles. The van der Waals surface area contributed by atoms with Crippen LogP contribution >= 0.6 is 0 Å². The van der Waals surface area contributed by atoms with Gasteiger partial charge in [0.1, 0.15) is 5.75 Å². The Morgan fingerprint density at radius 2 is 2.05 bits per heavy atom. The first kappa shape index (κ1) is 14.9. The van der Waals surface area contributed by atoms with E-state index >= 15 is 0 Å². The van der Waals surface area contributed by atoms with Crippen LogP contribution in [0.4, 0.5) is 0 Å². The molecule has 2 heteroatoms. The van der Waals surface area contributed by atoms with Crippen molar-refractivity contribution >= 4 is 0 Å². The van der Waals surface area contributed by atoms with Gasteiger partial charge in [0.2, 0.25) is 0 Å². The average Bonchev–Trinajstić information content (AvgIpc) is 3.35. The summed E-state index contributed by atoms with van der Waals surface area (Å²) in [5.74, 6) is 3.55. The lowest BCUT2D eigenvalue weighted by atomic mass is 9.82. The first-order valence-electron chi connectivity index (χ1n) is 8.74. The van der Waals surface area contributed by atoms with Crippen LogP contribution in [-0.2, 0) is 0 Å². The molecule has 3 atom stereocenters. The lowest BCUT2D eigenvalue weighted by molar-refractivity contribution is 0.237. The quantitative estimate of drug-likeness (QED) is 0.804. The number of benzene rings is 1. The van der Waals surface area contributed by atoms with Crippen molar-refractivity contribution in [2.75, 3.05) is 13.2 Å². The summed E-state index contributed by atoms with van der Waals surface area (Å²) in [6.45, 7) is 6.73. The van der Waals surface area contributed by atoms with Crippen LogP contribution in [0.25, 0.3) is 0 Å². The monoisotopic (exact) mass is 287 g/mol. The van der Waals surface area contributed by atoms with Crippen molar-refractivity contribution in [3.05, 3.63) is 29.8 Å². The van der Waals surface area contributed by atoms with E-state index in [0.29, 0.717) is 12.0 Å². The number of nitrogens with one attached hydrogen (secondary N) is 1. The zero-order valence-electron chi connectivity index (χ0n) is 13.5. The lowest BCUT2D eigenvalue weighted by Gasteiger charge is -2.32. The van der Waals surface area contributed by atoms with Crippen molar-refractivity contribution in [2.24, 2.45) is 11.8 Å². The highest BCUT2D eigenvalue weighted by Gasteiger charge is 2.35. The highest BCUT2D eigenvalue weighted by molar-refractivity contribution is 5.37. The Bertz CT molecular complexity index is 455. The molecule has 0 aromatic heterocycles. The van der Waals surface area contributed by atoms with Crippen LogP contribution in [0.3, 0.4) is 0 Å². The largest absolute Gasteiger partial charge is 0.493 e. The molecule has 3 rings (SSSR count). The van der Waals surface area contributed by atoms with E-state index in [1.807, 2.05) is 0 Å². The molecule has 3 unspecified atom stereocenters. The number of para-hydroxylation sites is 1. The first-order chi connectivity index (χ1) is 10.3. The fourth-order valence-corrected chi connectivity index (χ4v) is 3.73. The van der Waals surface area contributed by atoms with Crippen LogP contribution in [0.15, 0.2) is 24.3 Å². The second-order valence-electron chi connectivity index (χ2n) is 6.86. The second-order valence-corrected chi connectivity index (χ2v) is 6.86. The predicted molar refractivity (Wildman–Crippen MR) is 87.9 cm³/mol. The Morgan fingerprint density at radius 1 is 1.24 bits per heavy atom. The molecule has 1 N–H and O–H groups in total. The number of ether oxygens (including phenoxy) is 1. The zero-order chi connectivity index (χ0) is 14.7. The van der Waals surface area contributed by atoms with E-state index in [4.69, 9.17) is 4.74 Å². The molecular weight excluding hydrogens is 258 g/mol. The SMILES string of the molecule is CCCNC(CC1CCOc2ccccc21)C(C)C1CC1. The van der Waals surface area contributed by atoms with Gasteiger partial charge in [-0.1, -0.05) is 32.0 Å². The Balaban J connectivity index is 1.70. The van der Waals surface area contributed by atoms with Crippen LogP contribution in [0.2, 0.25) is 0 Å². The highest BCUT2D eigenvalue weighted by atomic mass is 16.5. The summed E-state index contributed by atoms with van der Waals surface area (Å²) in [5, 5.41) is 3.83. The van der Waals surface area contributed by atoms with Gasteiger partial charge in [0.25, 0.3) is 0 Å². The van der Waals surface area contributed by atoms with Gasteiger partial charge in [-0.15, -0.1) is 0 Å². The van der Waals surface area contributed by atoms with Gasteiger partial charge in [-0.3, -0.25) is 0 Å². The molecule has 1 heterocycles. The Kier molecular flexibility index (Phi) is 4.84. The summed E-state index contributed by atoms with van der Waals surface area (Å²) >= 11 is 0. The molecular formula is C19H29NO. The normalized spacial score (nSPS) is 24.0. The third kappa shape index (κ3) is 3.60. The molecule has 1 aliphatic carbocycles. The maximum Gasteiger partial charge on any atom is 0.122 e. The van der Waals surface area contributed by atoms with E-state index < -0.39 is 0 Å². The van der Waals surface area contributed by atoms with E-state index in [2.05, 4.69) is 43.4 Å². The molecule has 2 nitrogen and oxygen atoms in total. The molecule has 0 saturated heterocycles. The van der Waals surface area contributed by atoms with Crippen LogP contribution in [-0.4, -0.2) is 19.2 Å². The molecule has 1 aromatic carbocycles. The maximum absolute atomic E-state index is 5.82. The third-order valence-electron chi connectivity index (χ3n) is 5.28. The molecule has 0 amide bonds. The Labute approximate surface area is 129 Å². The van der Waals surface area contributed by atoms with Crippen molar-refractivity contribution in [3.8, 4) is 5.75 Å². The predicted octanol–water partition coefficient (Wildman–Crippen LogP) is 4.36. The third-order valence-corrected chi connectivity index (χ3v) is 5.28. The van der Waals surface area contributed by atoms with Crippen LogP contribution in [0.5, 0.6) is 5.75 Å². The van der Waals surface area contributed by atoms with Crippen molar-refractivity contribution in [1.29, 1.82) is 0 Å². The standard InChI is InChI=1S/C19H29NO/c1-3-11-20-18(14(2)15-8-9-15)13-16-10-12-21-19-7-5-4-6-17(16)19/h4-7,14-16,18,20H,3,8-13H2,1-2H3. The topological polar surface area (TPSA) is 21.3 Å². The van der Waals surface area contributed by atoms with Crippen LogP contribution < -0.4 is 10.1 Å². The molecule has 1 aromatic rings. The number of rotatable bonds is 7. The second kappa shape index (κ2) is 6.83. The van der Waals surface area contributed by atoms with E-state index in [1.165, 1.54) is 37.7 Å². The van der Waals surface area contributed by atoms with Crippen LogP contribution in [0.1, 0.15) is 57.4 Å². The minimum Gasteiger partial charge on any atom is -0.493 e. The van der Waals surface area contributed by atoms with Gasteiger partial charge in [-0.2, -0.15) is 0 Å². The van der Waals surface area contributed by atoms with E-state index in [0.717, 1.165) is 30.7 Å². The fraction of sp³-hybridized carbons (Fsp3) is 0.684. The molecule has 116 valence electrons. The van der Waals surface area contributed by atoms with Gasteiger partial charge in [-0.25, -0.2) is 0 Å². The van der Waals surface area contributed by atoms with Gasteiger partial charge < -0.3 is 10.1 Å². The van der Waals surface area contributed by atoms with Gasteiger partial charge in [0.15, 0.2) is 0 Å². The minimum absolute atomic E-state index is 0.658. The number of hydrogen-bond donors (Lipinski definition) is 1. The van der Waals surface area contributed by atoms with Gasteiger partial charge in [0.05, 0.1) is 6.61 Å². The fourth-order valence-electron chi connectivity index (χ4n) is 3.73. The van der Waals surface area contributed by atoms with Crippen LogP contribution in [0, 0.1) is 11.8 Å².